The highest BCUT2D eigenvalue weighted by molar-refractivity contribution is 6.20. The second-order valence-corrected chi connectivity index (χ2v) is 5.32. The Bertz CT molecular complexity index is 1010. The summed E-state index contributed by atoms with van der Waals surface area (Å²) in [5, 5.41) is 7.13. The van der Waals surface area contributed by atoms with Crippen LogP contribution in [0.1, 0.15) is 0 Å². The van der Waals surface area contributed by atoms with Crippen LogP contribution in [0, 0.1) is 0 Å². The van der Waals surface area contributed by atoms with Gasteiger partial charge in [0.15, 0.2) is 0 Å². The highest BCUT2D eigenvalue weighted by Gasteiger charge is 2.09. The summed E-state index contributed by atoms with van der Waals surface area (Å²) in [6, 6.07) is 21.0. The number of fused-ring (bicyclic) bond motifs is 5. The van der Waals surface area contributed by atoms with Crippen LogP contribution in [0.5, 0.6) is 0 Å². The summed E-state index contributed by atoms with van der Waals surface area (Å²) in [5.41, 5.74) is 7.00. The van der Waals surface area contributed by atoms with Crippen LogP contribution in [0.3, 0.4) is 0 Å². The summed E-state index contributed by atoms with van der Waals surface area (Å²) < 4.78 is 0. The predicted molar refractivity (Wildman–Crippen MR) is 94.6 cm³/mol. The SMILES string of the molecule is NNc1ccc2c(ccc3c4ccccc4ccc23)c1NN. The van der Waals surface area contributed by atoms with Crippen LogP contribution in [0.25, 0.3) is 32.3 Å². The van der Waals surface area contributed by atoms with Crippen molar-refractivity contribution in [2.75, 3.05) is 10.9 Å². The smallest absolute Gasteiger partial charge is 0.0811 e. The number of rotatable bonds is 2. The van der Waals surface area contributed by atoms with Gasteiger partial charge >= 0.3 is 0 Å². The van der Waals surface area contributed by atoms with Crippen molar-refractivity contribution in [3.8, 4) is 0 Å². The molecule has 22 heavy (non-hydrogen) atoms. The van der Waals surface area contributed by atoms with Crippen molar-refractivity contribution in [1.82, 2.24) is 0 Å². The van der Waals surface area contributed by atoms with E-state index in [9.17, 15) is 0 Å². The van der Waals surface area contributed by atoms with Gasteiger partial charge in [-0.05, 0) is 33.0 Å². The van der Waals surface area contributed by atoms with E-state index in [2.05, 4.69) is 65.4 Å². The molecule has 0 bridgehead atoms. The predicted octanol–water partition coefficient (Wildman–Crippen LogP) is 3.72. The molecule has 0 spiro atoms. The van der Waals surface area contributed by atoms with Crippen LogP contribution in [0.15, 0.2) is 60.7 Å². The minimum atomic E-state index is 0.773. The van der Waals surface area contributed by atoms with E-state index >= 15 is 0 Å². The lowest BCUT2D eigenvalue weighted by Gasteiger charge is -2.14. The number of nitrogens with one attached hydrogen (secondary N) is 2. The lowest BCUT2D eigenvalue weighted by Crippen LogP contribution is -2.14. The fraction of sp³-hybridized carbons (Fsp3) is 0. The second kappa shape index (κ2) is 4.87. The maximum Gasteiger partial charge on any atom is 0.0811 e. The molecular weight excluding hydrogens is 272 g/mol. The van der Waals surface area contributed by atoms with Crippen molar-refractivity contribution < 1.29 is 0 Å². The van der Waals surface area contributed by atoms with Gasteiger partial charge in [0.1, 0.15) is 0 Å². The van der Waals surface area contributed by atoms with Gasteiger partial charge in [-0.1, -0.05) is 54.6 Å². The molecule has 0 aromatic heterocycles. The first kappa shape index (κ1) is 12.9. The van der Waals surface area contributed by atoms with E-state index in [1.807, 2.05) is 6.07 Å². The first-order valence-corrected chi connectivity index (χ1v) is 7.14. The van der Waals surface area contributed by atoms with Gasteiger partial charge in [0.25, 0.3) is 0 Å². The average molecular weight is 288 g/mol. The Morgan fingerprint density at radius 1 is 0.545 bits per heavy atom. The molecule has 4 nitrogen and oxygen atoms in total. The van der Waals surface area contributed by atoms with E-state index in [1.165, 1.54) is 21.5 Å². The third-order valence-electron chi connectivity index (χ3n) is 4.22. The van der Waals surface area contributed by atoms with E-state index in [0.717, 1.165) is 22.1 Å². The zero-order chi connectivity index (χ0) is 15.1. The van der Waals surface area contributed by atoms with Gasteiger partial charge in [0.2, 0.25) is 0 Å². The number of hydrazine groups is 2. The Morgan fingerprint density at radius 2 is 1.18 bits per heavy atom. The zero-order valence-electron chi connectivity index (χ0n) is 11.9. The molecule has 0 aliphatic carbocycles. The highest BCUT2D eigenvalue weighted by atomic mass is 15.3. The summed E-state index contributed by atoms with van der Waals surface area (Å²) in [5.74, 6) is 11.2. The molecule has 108 valence electrons. The molecule has 0 saturated carbocycles. The van der Waals surface area contributed by atoms with E-state index < -0.39 is 0 Å². The highest BCUT2D eigenvalue weighted by Crippen LogP contribution is 2.36. The third kappa shape index (κ3) is 1.72. The monoisotopic (exact) mass is 288 g/mol. The van der Waals surface area contributed by atoms with Crippen LogP contribution >= 0.6 is 0 Å². The molecule has 0 saturated heterocycles. The summed E-state index contributed by atoms with van der Waals surface area (Å²) in [4.78, 5) is 0. The van der Waals surface area contributed by atoms with Crippen LogP contribution in [-0.2, 0) is 0 Å². The van der Waals surface area contributed by atoms with Crippen molar-refractivity contribution >= 4 is 43.7 Å². The van der Waals surface area contributed by atoms with Gasteiger partial charge in [0, 0.05) is 5.39 Å². The lowest BCUT2D eigenvalue weighted by molar-refractivity contribution is 1.31. The van der Waals surface area contributed by atoms with E-state index in [4.69, 9.17) is 11.7 Å². The quantitative estimate of drug-likeness (QED) is 0.258. The van der Waals surface area contributed by atoms with Gasteiger partial charge < -0.3 is 10.9 Å². The molecule has 0 fully saturated rings. The molecule has 0 amide bonds. The number of nitrogens with two attached hydrogens (primary N) is 2. The van der Waals surface area contributed by atoms with Gasteiger partial charge in [-0.3, -0.25) is 11.7 Å². The maximum atomic E-state index is 5.68. The third-order valence-corrected chi connectivity index (χ3v) is 4.22. The van der Waals surface area contributed by atoms with Crippen molar-refractivity contribution in [2.24, 2.45) is 11.7 Å². The minimum Gasteiger partial charge on any atom is -0.322 e. The molecule has 0 aliphatic rings. The standard InChI is InChI=1S/C18H16N4/c19-21-17-10-9-15-14-6-5-11-3-1-2-4-12(11)13(14)7-8-16(15)18(17)22-20/h1-10,21-22H,19-20H2. The Morgan fingerprint density at radius 3 is 2.00 bits per heavy atom. The Hall–Kier alpha value is -2.82. The summed E-state index contributed by atoms with van der Waals surface area (Å²) in [6.07, 6.45) is 0. The lowest BCUT2D eigenvalue weighted by atomic mass is 9.96. The zero-order valence-corrected chi connectivity index (χ0v) is 11.9. The molecule has 0 radical (unpaired) electrons. The maximum absolute atomic E-state index is 5.68. The summed E-state index contributed by atoms with van der Waals surface area (Å²) in [6.45, 7) is 0. The second-order valence-electron chi connectivity index (χ2n) is 5.32. The molecule has 0 atom stereocenters. The molecular formula is C18H16N4. The van der Waals surface area contributed by atoms with Crippen molar-refractivity contribution in [1.29, 1.82) is 0 Å². The number of benzene rings is 4. The number of hydrogen-bond donors (Lipinski definition) is 4. The summed E-state index contributed by atoms with van der Waals surface area (Å²) >= 11 is 0. The molecule has 6 N–H and O–H groups in total. The molecule has 4 aromatic rings. The Balaban J connectivity index is 2.18. The molecule has 4 rings (SSSR count). The van der Waals surface area contributed by atoms with Gasteiger partial charge in [-0.2, -0.15) is 0 Å². The van der Waals surface area contributed by atoms with E-state index in [0.29, 0.717) is 0 Å². The van der Waals surface area contributed by atoms with Crippen molar-refractivity contribution in [2.45, 2.75) is 0 Å². The molecule has 0 unspecified atom stereocenters. The fourth-order valence-corrected chi connectivity index (χ4v) is 3.18. The normalized spacial score (nSPS) is 11.2. The topological polar surface area (TPSA) is 76.1 Å². The Labute approximate surface area is 127 Å². The van der Waals surface area contributed by atoms with Crippen LogP contribution in [0.4, 0.5) is 11.4 Å². The van der Waals surface area contributed by atoms with Crippen LogP contribution in [-0.4, -0.2) is 0 Å². The Kier molecular flexibility index (Phi) is 2.85. The van der Waals surface area contributed by atoms with Gasteiger partial charge in [-0.15, -0.1) is 0 Å². The van der Waals surface area contributed by atoms with E-state index in [-0.39, 0.29) is 0 Å². The minimum absolute atomic E-state index is 0.773. The first-order chi connectivity index (χ1) is 10.8. The molecule has 4 heteroatoms. The van der Waals surface area contributed by atoms with Crippen molar-refractivity contribution in [3.63, 3.8) is 0 Å². The molecule has 0 heterocycles. The average Bonchev–Trinajstić information content (AvgIpc) is 2.59. The summed E-state index contributed by atoms with van der Waals surface area (Å²) in [7, 11) is 0. The number of hydrogen-bond acceptors (Lipinski definition) is 4. The number of anilines is 2. The van der Waals surface area contributed by atoms with Crippen LogP contribution < -0.4 is 22.5 Å². The largest absolute Gasteiger partial charge is 0.322 e. The van der Waals surface area contributed by atoms with Crippen LogP contribution in [0.2, 0.25) is 0 Å². The first-order valence-electron chi connectivity index (χ1n) is 7.14. The van der Waals surface area contributed by atoms with Gasteiger partial charge in [-0.25, -0.2) is 0 Å². The number of nitrogen functional groups attached to an aromatic ring is 2. The fourth-order valence-electron chi connectivity index (χ4n) is 3.18. The van der Waals surface area contributed by atoms with Crippen molar-refractivity contribution in [3.05, 3.63) is 60.7 Å². The molecule has 4 aromatic carbocycles. The molecule has 0 aliphatic heterocycles. The van der Waals surface area contributed by atoms with E-state index in [1.54, 1.807) is 0 Å². The van der Waals surface area contributed by atoms with Gasteiger partial charge in [0.05, 0.1) is 11.4 Å².